The maximum Gasteiger partial charge on any atom is 0.132 e. The highest BCUT2D eigenvalue weighted by atomic mass is 79.9. The van der Waals surface area contributed by atoms with Crippen molar-refractivity contribution in [2.24, 2.45) is 0 Å². The number of nitrogens with zero attached hydrogens (tertiary/aromatic N) is 2. The van der Waals surface area contributed by atoms with Crippen molar-refractivity contribution < 1.29 is 5.11 Å². The second-order valence-electron chi connectivity index (χ2n) is 4.32. The van der Waals surface area contributed by atoms with Crippen molar-refractivity contribution in [2.75, 3.05) is 23.8 Å². The molecule has 2 aromatic rings. The SMILES string of the molecule is Cc1nc(NCCO)cc(NCc2cccc(Br)c2)n1. The lowest BCUT2D eigenvalue weighted by atomic mass is 10.2. The van der Waals surface area contributed by atoms with Gasteiger partial charge in [-0.25, -0.2) is 9.97 Å². The fraction of sp³-hybridized carbons (Fsp3) is 0.286. The quantitative estimate of drug-likeness (QED) is 0.756. The van der Waals surface area contributed by atoms with Crippen molar-refractivity contribution in [3.8, 4) is 0 Å². The number of rotatable bonds is 6. The van der Waals surface area contributed by atoms with E-state index >= 15 is 0 Å². The predicted molar refractivity (Wildman–Crippen MR) is 83.8 cm³/mol. The fourth-order valence-corrected chi connectivity index (χ4v) is 2.22. The molecule has 6 heteroatoms. The Labute approximate surface area is 126 Å². The first-order valence-electron chi connectivity index (χ1n) is 6.36. The van der Waals surface area contributed by atoms with Gasteiger partial charge >= 0.3 is 0 Å². The molecular weight excluding hydrogens is 320 g/mol. The van der Waals surface area contributed by atoms with Gasteiger partial charge in [-0.3, -0.25) is 0 Å². The molecule has 0 atom stereocenters. The molecule has 5 nitrogen and oxygen atoms in total. The molecule has 0 bridgehead atoms. The number of aromatic nitrogens is 2. The minimum absolute atomic E-state index is 0.0733. The molecule has 2 rings (SSSR count). The Bertz CT molecular complexity index is 577. The molecule has 0 aliphatic heterocycles. The van der Waals surface area contributed by atoms with Crippen molar-refractivity contribution >= 4 is 27.6 Å². The standard InChI is InChI=1S/C14H17BrN4O/c1-10-18-13(16-5-6-20)8-14(19-10)17-9-11-3-2-4-12(15)7-11/h2-4,7-8,20H,5-6,9H2,1H3,(H2,16,17,18,19). The molecule has 0 radical (unpaired) electrons. The molecule has 0 aliphatic carbocycles. The summed E-state index contributed by atoms with van der Waals surface area (Å²) in [7, 11) is 0. The highest BCUT2D eigenvalue weighted by molar-refractivity contribution is 9.10. The summed E-state index contributed by atoms with van der Waals surface area (Å²) in [5.41, 5.74) is 1.17. The third-order valence-electron chi connectivity index (χ3n) is 2.62. The molecular formula is C14H17BrN4O. The number of halogens is 1. The van der Waals surface area contributed by atoms with Crippen LogP contribution in [0.2, 0.25) is 0 Å². The van der Waals surface area contributed by atoms with E-state index in [1.54, 1.807) is 0 Å². The van der Waals surface area contributed by atoms with Crippen LogP contribution in [0, 0.1) is 6.92 Å². The van der Waals surface area contributed by atoms with Gasteiger partial charge in [0.05, 0.1) is 6.61 Å². The number of nitrogens with one attached hydrogen (secondary N) is 2. The number of hydrogen-bond acceptors (Lipinski definition) is 5. The second kappa shape index (κ2) is 7.21. The van der Waals surface area contributed by atoms with Crippen LogP contribution in [-0.4, -0.2) is 28.2 Å². The Morgan fingerprint density at radius 1 is 1.15 bits per heavy atom. The first-order valence-corrected chi connectivity index (χ1v) is 7.15. The molecule has 0 unspecified atom stereocenters. The smallest absolute Gasteiger partial charge is 0.132 e. The third kappa shape index (κ3) is 4.47. The van der Waals surface area contributed by atoms with Crippen LogP contribution in [0.5, 0.6) is 0 Å². The summed E-state index contributed by atoms with van der Waals surface area (Å²) in [6, 6.07) is 9.94. The molecule has 1 heterocycles. The van der Waals surface area contributed by atoms with Gasteiger partial charge < -0.3 is 15.7 Å². The zero-order valence-electron chi connectivity index (χ0n) is 11.2. The molecule has 106 valence electrons. The Balaban J connectivity index is 2.03. The van der Waals surface area contributed by atoms with Crippen LogP contribution in [0.25, 0.3) is 0 Å². The van der Waals surface area contributed by atoms with Crippen LogP contribution in [0.4, 0.5) is 11.6 Å². The molecule has 0 aliphatic rings. The Hall–Kier alpha value is -1.66. The normalized spacial score (nSPS) is 10.3. The van der Waals surface area contributed by atoms with E-state index in [9.17, 15) is 0 Å². The first-order chi connectivity index (χ1) is 9.67. The number of aryl methyl sites for hydroxylation is 1. The third-order valence-corrected chi connectivity index (χ3v) is 3.11. The molecule has 0 saturated carbocycles. The number of anilines is 2. The van der Waals surface area contributed by atoms with Gasteiger partial charge in [-0.05, 0) is 24.6 Å². The fourth-order valence-electron chi connectivity index (χ4n) is 1.77. The highest BCUT2D eigenvalue weighted by Gasteiger charge is 2.02. The highest BCUT2D eigenvalue weighted by Crippen LogP contribution is 2.15. The van der Waals surface area contributed by atoms with Gasteiger partial charge in [-0.15, -0.1) is 0 Å². The van der Waals surface area contributed by atoms with Crippen LogP contribution in [0.15, 0.2) is 34.8 Å². The molecule has 20 heavy (non-hydrogen) atoms. The maximum atomic E-state index is 8.82. The molecule has 1 aromatic carbocycles. The molecule has 1 aromatic heterocycles. The van der Waals surface area contributed by atoms with Crippen LogP contribution in [0.3, 0.4) is 0 Å². The van der Waals surface area contributed by atoms with E-state index in [4.69, 9.17) is 5.11 Å². The Morgan fingerprint density at radius 3 is 2.60 bits per heavy atom. The summed E-state index contributed by atoms with van der Waals surface area (Å²) < 4.78 is 1.06. The van der Waals surface area contributed by atoms with E-state index in [1.807, 2.05) is 25.1 Å². The van der Waals surface area contributed by atoms with Crippen LogP contribution >= 0.6 is 15.9 Å². The van der Waals surface area contributed by atoms with Crippen molar-refractivity contribution in [2.45, 2.75) is 13.5 Å². The molecule has 0 saturated heterocycles. The summed E-state index contributed by atoms with van der Waals surface area (Å²) in [6.45, 7) is 3.08. The van der Waals surface area contributed by atoms with E-state index in [0.29, 0.717) is 24.7 Å². The Kier molecular flexibility index (Phi) is 5.31. The lowest BCUT2D eigenvalue weighted by molar-refractivity contribution is 0.311. The van der Waals surface area contributed by atoms with E-state index in [-0.39, 0.29) is 6.61 Å². The van der Waals surface area contributed by atoms with Gasteiger partial charge in [0, 0.05) is 23.6 Å². The van der Waals surface area contributed by atoms with Gasteiger partial charge in [-0.1, -0.05) is 28.1 Å². The average molecular weight is 337 g/mol. The predicted octanol–water partition coefficient (Wildman–Crippen LogP) is 2.56. The number of aliphatic hydroxyl groups is 1. The second-order valence-corrected chi connectivity index (χ2v) is 5.24. The van der Waals surface area contributed by atoms with Gasteiger partial charge in [0.15, 0.2) is 0 Å². The van der Waals surface area contributed by atoms with Gasteiger partial charge in [0.25, 0.3) is 0 Å². The number of hydrogen-bond donors (Lipinski definition) is 3. The molecule has 0 fully saturated rings. The zero-order valence-corrected chi connectivity index (χ0v) is 12.8. The zero-order chi connectivity index (χ0) is 14.4. The van der Waals surface area contributed by atoms with Crippen molar-refractivity contribution in [3.63, 3.8) is 0 Å². The van der Waals surface area contributed by atoms with Crippen LogP contribution in [-0.2, 0) is 6.54 Å². The molecule has 0 amide bonds. The summed E-state index contributed by atoms with van der Waals surface area (Å²) >= 11 is 3.45. The number of benzene rings is 1. The first kappa shape index (κ1) is 14.7. The van der Waals surface area contributed by atoms with Crippen molar-refractivity contribution in [1.29, 1.82) is 0 Å². The van der Waals surface area contributed by atoms with E-state index < -0.39 is 0 Å². The average Bonchev–Trinajstić information content (AvgIpc) is 2.42. The summed E-state index contributed by atoms with van der Waals surface area (Å²) in [4.78, 5) is 8.60. The Morgan fingerprint density at radius 2 is 1.90 bits per heavy atom. The van der Waals surface area contributed by atoms with Crippen LogP contribution in [0.1, 0.15) is 11.4 Å². The lowest BCUT2D eigenvalue weighted by Gasteiger charge is -2.10. The summed E-state index contributed by atoms with van der Waals surface area (Å²) in [5, 5.41) is 15.1. The number of aliphatic hydroxyl groups excluding tert-OH is 1. The van der Waals surface area contributed by atoms with Crippen LogP contribution < -0.4 is 10.6 Å². The van der Waals surface area contributed by atoms with Gasteiger partial charge in [0.1, 0.15) is 17.5 Å². The van der Waals surface area contributed by atoms with E-state index in [0.717, 1.165) is 10.3 Å². The monoisotopic (exact) mass is 336 g/mol. The van der Waals surface area contributed by atoms with Crippen molar-refractivity contribution in [3.05, 3.63) is 46.2 Å². The molecule has 3 N–H and O–H groups in total. The van der Waals surface area contributed by atoms with E-state index in [2.05, 4.69) is 48.7 Å². The summed E-state index contributed by atoms with van der Waals surface area (Å²) in [6.07, 6.45) is 0. The topological polar surface area (TPSA) is 70.1 Å². The largest absolute Gasteiger partial charge is 0.395 e. The minimum atomic E-state index is 0.0733. The van der Waals surface area contributed by atoms with E-state index in [1.165, 1.54) is 5.56 Å². The maximum absolute atomic E-state index is 8.82. The molecule has 0 spiro atoms. The lowest BCUT2D eigenvalue weighted by Crippen LogP contribution is -2.10. The summed E-state index contributed by atoms with van der Waals surface area (Å²) in [5.74, 6) is 2.16. The minimum Gasteiger partial charge on any atom is -0.395 e. The van der Waals surface area contributed by atoms with Gasteiger partial charge in [0.2, 0.25) is 0 Å². The van der Waals surface area contributed by atoms with Crippen molar-refractivity contribution in [1.82, 2.24) is 9.97 Å². The van der Waals surface area contributed by atoms with Gasteiger partial charge in [-0.2, -0.15) is 0 Å².